The lowest BCUT2D eigenvalue weighted by molar-refractivity contribution is 0.177. The van der Waals surface area contributed by atoms with Crippen molar-refractivity contribution in [3.05, 3.63) is 48.0 Å². The lowest BCUT2D eigenvalue weighted by Gasteiger charge is -2.09. The molecule has 0 spiro atoms. The third-order valence-corrected chi connectivity index (χ3v) is 2.93. The van der Waals surface area contributed by atoms with E-state index in [1.165, 1.54) is 0 Å². The second kappa shape index (κ2) is 4.74. The number of hydrogen-bond acceptors (Lipinski definition) is 5. The summed E-state index contributed by atoms with van der Waals surface area (Å²) in [4.78, 5) is 8.43. The van der Waals surface area contributed by atoms with E-state index in [0.717, 1.165) is 22.3 Å². The Morgan fingerprint density at radius 2 is 2.00 bits per heavy atom. The molecule has 6 heteroatoms. The first-order valence-corrected chi connectivity index (χ1v) is 5.96. The van der Waals surface area contributed by atoms with Gasteiger partial charge in [0.15, 0.2) is 0 Å². The van der Waals surface area contributed by atoms with Crippen LogP contribution in [0.4, 0.5) is 0 Å². The lowest BCUT2D eigenvalue weighted by Crippen LogP contribution is -2.02. The molecule has 0 radical (unpaired) electrons. The van der Waals surface area contributed by atoms with E-state index in [0.29, 0.717) is 6.42 Å². The number of hydrogen-bond donors (Lipinski definition) is 1. The first-order valence-electron chi connectivity index (χ1n) is 5.96. The van der Waals surface area contributed by atoms with Crippen LogP contribution in [-0.2, 0) is 13.5 Å². The molecule has 19 heavy (non-hydrogen) atoms. The maximum atomic E-state index is 10.2. The van der Waals surface area contributed by atoms with Crippen molar-refractivity contribution >= 4 is 11.0 Å². The fraction of sp³-hybridized carbons (Fsp3) is 0.231. The highest BCUT2D eigenvalue weighted by Gasteiger charge is 2.12. The maximum Gasteiger partial charge on any atom is 0.0890 e. The van der Waals surface area contributed by atoms with E-state index < -0.39 is 6.10 Å². The van der Waals surface area contributed by atoms with Crippen molar-refractivity contribution < 1.29 is 5.11 Å². The Kier molecular flexibility index (Phi) is 2.92. The van der Waals surface area contributed by atoms with E-state index in [1.807, 2.05) is 18.2 Å². The van der Waals surface area contributed by atoms with E-state index in [-0.39, 0.29) is 0 Å². The molecule has 0 aliphatic heterocycles. The van der Waals surface area contributed by atoms with Gasteiger partial charge >= 0.3 is 0 Å². The van der Waals surface area contributed by atoms with Crippen molar-refractivity contribution in [2.45, 2.75) is 12.5 Å². The zero-order valence-corrected chi connectivity index (χ0v) is 10.4. The van der Waals surface area contributed by atoms with Crippen LogP contribution in [0, 0.1) is 0 Å². The molecule has 0 aliphatic carbocycles. The smallest absolute Gasteiger partial charge is 0.0890 e. The number of aryl methyl sites for hydroxylation is 1. The van der Waals surface area contributed by atoms with Crippen molar-refractivity contribution in [3.63, 3.8) is 0 Å². The largest absolute Gasteiger partial charge is 0.388 e. The van der Waals surface area contributed by atoms with Crippen LogP contribution in [0.5, 0.6) is 0 Å². The fourth-order valence-corrected chi connectivity index (χ4v) is 1.99. The fourth-order valence-electron chi connectivity index (χ4n) is 1.99. The molecule has 1 atom stereocenters. The van der Waals surface area contributed by atoms with Crippen LogP contribution >= 0.6 is 0 Å². The Labute approximate surface area is 109 Å². The van der Waals surface area contributed by atoms with E-state index in [4.69, 9.17) is 0 Å². The van der Waals surface area contributed by atoms with Gasteiger partial charge in [-0.3, -0.25) is 14.6 Å². The predicted octanol–water partition coefficient (Wildman–Crippen LogP) is 1.03. The Morgan fingerprint density at radius 1 is 1.21 bits per heavy atom. The number of benzene rings is 1. The highest BCUT2D eigenvalue weighted by atomic mass is 16.3. The van der Waals surface area contributed by atoms with E-state index in [9.17, 15) is 5.11 Å². The number of rotatable bonds is 3. The number of aliphatic hydroxyl groups is 1. The monoisotopic (exact) mass is 255 g/mol. The third kappa shape index (κ3) is 2.43. The molecule has 6 nitrogen and oxygen atoms in total. The molecule has 0 bridgehead atoms. The average molecular weight is 255 g/mol. The quantitative estimate of drug-likeness (QED) is 0.756. The van der Waals surface area contributed by atoms with Gasteiger partial charge < -0.3 is 5.11 Å². The van der Waals surface area contributed by atoms with E-state index in [2.05, 4.69) is 20.3 Å². The van der Waals surface area contributed by atoms with Gasteiger partial charge in [-0.15, -0.1) is 5.10 Å². The molecular weight excluding hydrogens is 242 g/mol. The topological polar surface area (TPSA) is 76.7 Å². The van der Waals surface area contributed by atoms with Gasteiger partial charge in [0.05, 0.1) is 22.8 Å². The van der Waals surface area contributed by atoms with Crippen molar-refractivity contribution in [1.29, 1.82) is 0 Å². The SMILES string of the molecule is Cn1cc(CC(O)c2ccc3nccnc3c2)nn1. The van der Waals surface area contributed by atoms with E-state index in [1.54, 1.807) is 30.3 Å². The number of aromatic nitrogens is 5. The summed E-state index contributed by atoms with van der Waals surface area (Å²) in [6.07, 6.45) is 4.89. The highest BCUT2D eigenvalue weighted by Crippen LogP contribution is 2.20. The molecule has 0 amide bonds. The molecule has 0 saturated carbocycles. The summed E-state index contributed by atoms with van der Waals surface area (Å²) in [5.41, 5.74) is 3.16. The third-order valence-electron chi connectivity index (χ3n) is 2.93. The molecule has 1 unspecified atom stereocenters. The molecule has 2 aromatic heterocycles. The van der Waals surface area contributed by atoms with Gasteiger partial charge in [0, 0.05) is 32.1 Å². The van der Waals surface area contributed by atoms with Crippen LogP contribution < -0.4 is 0 Å². The minimum Gasteiger partial charge on any atom is -0.388 e. The summed E-state index contributed by atoms with van der Waals surface area (Å²) in [5, 5.41) is 18.0. The zero-order chi connectivity index (χ0) is 13.2. The van der Waals surface area contributed by atoms with Gasteiger partial charge in [0.25, 0.3) is 0 Å². The van der Waals surface area contributed by atoms with Gasteiger partial charge in [-0.25, -0.2) is 0 Å². The van der Waals surface area contributed by atoms with Gasteiger partial charge in [-0.2, -0.15) is 0 Å². The molecule has 0 saturated heterocycles. The summed E-state index contributed by atoms with van der Waals surface area (Å²) >= 11 is 0. The minimum atomic E-state index is -0.622. The van der Waals surface area contributed by atoms with Crippen LogP contribution in [0.2, 0.25) is 0 Å². The summed E-state index contributed by atoms with van der Waals surface area (Å²) in [7, 11) is 1.80. The first kappa shape index (κ1) is 11.7. The van der Waals surface area contributed by atoms with Gasteiger partial charge in [0.2, 0.25) is 0 Å². The number of nitrogens with zero attached hydrogens (tertiary/aromatic N) is 5. The first-order chi connectivity index (χ1) is 9.22. The molecule has 1 aromatic carbocycles. The number of aliphatic hydroxyl groups excluding tert-OH is 1. The van der Waals surface area contributed by atoms with Gasteiger partial charge in [-0.1, -0.05) is 11.3 Å². The summed E-state index contributed by atoms with van der Waals surface area (Å²) in [5.74, 6) is 0. The minimum absolute atomic E-state index is 0.430. The second-order valence-corrected chi connectivity index (χ2v) is 4.41. The van der Waals surface area contributed by atoms with Crippen molar-refractivity contribution in [1.82, 2.24) is 25.0 Å². The van der Waals surface area contributed by atoms with Gasteiger partial charge in [0.1, 0.15) is 0 Å². The highest BCUT2D eigenvalue weighted by molar-refractivity contribution is 5.74. The zero-order valence-electron chi connectivity index (χ0n) is 10.4. The Bertz CT molecular complexity index is 709. The standard InChI is InChI=1S/C13H13N5O/c1-18-8-10(16-17-18)7-13(19)9-2-3-11-12(6-9)15-5-4-14-11/h2-6,8,13,19H,7H2,1H3. The van der Waals surface area contributed by atoms with E-state index >= 15 is 0 Å². The van der Waals surface area contributed by atoms with Gasteiger partial charge in [-0.05, 0) is 17.7 Å². The normalized spacial score (nSPS) is 12.7. The molecule has 2 heterocycles. The summed E-state index contributed by atoms with van der Waals surface area (Å²) in [6, 6.07) is 5.57. The van der Waals surface area contributed by atoms with Crippen LogP contribution in [0.3, 0.4) is 0 Å². The van der Waals surface area contributed by atoms with Crippen molar-refractivity contribution in [3.8, 4) is 0 Å². The number of fused-ring (bicyclic) bond motifs is 1. The predicted molar refractivity (Wildman–Crippen MR) is 69.2 cm³/mol. The van der Waals surface area contributed by atoms with Crippen LogP contribution in [0.1, 0.15) is 17.4 Å². The molecule has 3 rings (SSSR count). The van der Waals surface area contributed by atoms with Crippen LogP contribution in [0.25, 0.3) is 11.0 Å². The molecular formula is C13H13N5O. The van der Waals surface area contributed by atoms with Crippen molar-refractivity contribution in [2.75, 3.05) is 0 Å². The lowest BCUT2D eigenvalue weighted by atomic mass is 10.0. The van der Waals surface area contributed by atoms with Crippen LogP contribution in [0.15, 0.2) is 36.8 Å². The average Bonchev–Trinajstić information content (AvgIpc) is 2.83. The maximum absolute atomic E-state index is 10.2. The molecule has 96 valence electrons. The molecule has 0 aliphatic rings. The molecule has 1 N–H and O–H groups in total. The molecule has 0 fully saturated rings. The Balaban J connectivity index is 1.86. The Morgan fingerprint density at radius 3 is 2.74 bits per heavy atom. The summed E-state index contributed by atoms with van der Waals surface area (Å²) in [6.45, 7) is 0. The van der Waals surface area contributed by atoms with Crippen LogP contribution in [-0.4, -0.2) is 30.1 Å². The second-order valence-electron chi connectivity index (χ2n) is 4.41. The van der Waals surface area contributed by atoms with Crippen molar-refractivity contribution in [2.24, 2.45) is 7.05 Å². The molecule has 3 aromatic rings. The summed E-state index contributed by atoms with van der Waals surface area (Å²) < 4.78 is 1.62. The Hall–Kier alpha value is -2.34.